The molecular formula is C12H14FN3O3S. The lowest BCUT2D eigenvalue weighted by atomic mass is 10.3. The third-order valence-electron chi connectivity index (χ3n) is 2.71. The zero-order valence-corrected chi connectivity index (χ0v) is 11.6. The monoisotopic (exact) mass is 299 g/mol. The van der Waals surface area contributed by atoms with Crippen LogP contribution in [0, 0.1) is 5.82 Å². The number of rotatable bonds is 5. The minimum absolute atomic E-state index is 0.000414. The average molecular weight is 299 g/mol. The molecule has 0 fully saturated rings. The molecular weight excluding hydrogens is 285 g/mol. The molecule has 0 unspecified atom stereocenters. The summed E-state index contributed by atoms with van der Waals surface area (Å²) in [7, 11) is -4.05. The van der Waals surface area contributed by atoms with Gasteiger partial charge in [0.1, 0.15) is 28.9 Å². The smallest absolute Gasteiger partial charge is 0.241 e. The fraction of sp³-hybridized carbons (Fsp3) is 0.250. The summed E-state index contributed by atoms with van der Waals surface area (Å²) in [6.45, 7) is 2.72. The number of hydrogen-bond donors (Lipinski definition) is 1. The Morgan fingerprint density at radius 3 is 2.85 bits per heavy atom. The van der Waals surface area contributed by atoms with E-state index in [0.29, 0.717) is 12.4 Å². The molecule has 0 radical (unpaired) electrons. The van der Waals surface area contributed by atoms with E-state index in [1.54, 1.807) is 12.4 Å². The number of hydrogen-bond acceptors (Lipinski definition) is 4. The van der Waals surface area contributed by atoms with Crippen molar-refractivity contribution in [1.82, 2.24) is 9.55 Å². The Morgan fingerprint density at radius 2 is 2.20 bits per heavy atom. The molecule has 0 bridgehead atoms. The predicted octanol–water partition coefficient (Wildman–Crippen LogP) is 1.27. The molecule has 1 aromatic heterocycles. The molecule has 0 aliphatic carbocycles. The van der Waals surface area contributed by atoms with Gasteiger partial charge in [-0.15, -0.1) is 0 Å². The van der Waals surface area contributed by atoms with E-state index in [4.69, 9.17) is 9.88 Å². The maximum atomic E-state index is 13.1. The van der Waals surface area contributed by atoms with Crippen molar-refractivity contribution in [2.24, 2.45) is 5.14 Å². The van der Waals surface area contributed by atoms with Crippen LogP contribution >= 0.6 is 0 Å². The zero-order chi connectivity index (χ0) is 14.8. The van der Waals surface area contributed by atoms with Crippen LogP contribution in [0.2, 0.25) is 0 Å². The molecule has 0 atom stereocenters. The molecule has 108 valence electrons. The number of aryl methyl sites for hydroxylation is 1. The first-order chi connectivity index (χ1) is 9.41. The summed E-state index contributed by atoms with van der Waals surface area (Å²) in [5.41, 5.74) is 0. The van der Waals surface area contributed by atoms with E-state index in [2.05, 4.69) is 4.98 Å². The molecule has 20 heavy (non-hydrogen) atoms. The largest absolute Gasteiger partial charge is 0.484 e. The van der Waals surface area contributed by atoms with E-state index in [0.717, 1.165) is 12.1 Å². The standard InChI is InChI=1S/C12H14FN3O3S/c1-2-16-6-5-15-12(16)8-19-10-4-3-9(13)7-11(10)20(14,17)18/h3-7H,2,8H2,1H3,(H2,14,17,18). The first-order valence-electron chi connectivity index (χ1n) is 5.87. The van der Waals surface area contributed by atoms with Crippen molar-refractivity contribution in [2.45, 2.75) is 25.0 Å². The Morgan fingerprint density at radius 1 is 1.45 bits per heavy atom. The van der Waals surface area contributed by atoms with Crippen LogP contribution in [0.15, 0.2) is 35.5 Å². The molecule has 0 amide bonds. The minimum Gasteiger partial charge on any atom is -0.484 e. The second-order valence-electron chi connectivity index (χ2n) is 4.05. The minimum atomic E-state index is -4.05. The Balaban J connectivity index is 2.26. The molecule has 1 aromatic carbocycles. The lowest BCUT2D eigenvalue weighted by Gasteiger charge is -2.11. The van der Waals surface area contributed by atoms with Crippen LogP contribution in [0.5, 0.6) is 5.75 Å². The van der Waals surface area contributed by atoms with E-state index >= 15 is 0 Å². The summed E-state index contributed by atoms with van der Waals surface area (Å²) in [6.07, 6.45) is 3.40. The number of nitrogens with zero attached hydrogens (tertiary/aromatic N) is 2. The Kier molecular flexibility index (Phi) is 4.05. The number of halogens is 1. The second kappa shape index (κ2) is 5.59. The number of aromatic nitrogens is 2. The molecule has 6 nitrogen and oxygen atoms in total. The van der Waals surface area contributed by atoms with E-state index in [1.807, 2.05) is 11.5 Å². The number of benzene rings is 1. The summed E-state index contributed by atoms with van der Waals surface area (Å²) >= 11 is 0. The summed E-state index contributed by atoms with van der Waals surface area (Å²) in [4.78, 5) is 3.71. The van der Waals surface area contributed by atoms with Gasteiger partial charge in [0.25, 0.3) is 0 Å². The van der Waals surface area contributed by atoms with Gasteiger partial charge in [-0.3, -0.25) is 0 Å². The summed E-state index contributed by atoms with van der Waals surface area (Å²) in [5.74, 6) is -0.0619. The summed E-state index contributed by atoms with van der Waals surface area (Å²) < 4.78 is 43.2. The van der Waals surface area contributed by atoms with Gasteiger partial charge in [0.2, 0.25) is 10.0 Å². The van der Waals surface area contributed by atoms with Gasteiger partial charge in [0, 0.05) is 18.9 Å². The molecule has 2 aromatic rings. The fourth-order valence-corrected chi connectivity index (χ4v) is 2.42. The highest BCUT2D eigenvalue weighted by Gasteiger charge is 2.17. The van der Waals surface area contributed by atoms with Crippen molar-refractivity contribution < 1.29 is 17.5 Å². The van der Waals surface area contributed by atoms with Crippen LogP contribution in [0.4, 0.5) is 4.39 Å². The SMILES string of the molecule is CCn1ccnc1COc1ccc(F)cc1S(N)(=O)=O. The number of imidazole rings is 1. The highest BCUT2D eigenvalue weighted by atomic mass is 32.2. The molecule has 0 saturated heterocycles. The van der Waals surface area contributed by atoms with Crippen molar-refractivity contribution in [3.05, 3.63) is 42.2 Å². The van der Waals surface area contributed by atoms with Crippen LogP contribution in [-0.4, -0.2) is 18.0 Å². The van der Waals surface area contributed by atoms with Crippen LogP contribution < -0.4 is 9.88 Å². The molecule has 2 rings (SSSR count). The lowest BCUT2D eigenvalue weighted by molar-refractivity contribution is 0.282. The molecule has 1 heterocycles. The Labute approximate surface area is 116 Å². The van der Waals surface area contributed by atoms with Crippen molar-refractivity contribution in [3.8, 4) is 5.75 Å². The van der Waals surface area contributed by atoms with Crippen LogP contribution in [0.1, 0.15) is 12.7 Å². The molecule has 0 aliphatic heterocycles. The fourth-order valence-electron chi connectivity index (χ4n) is 1.73. The van der Waals surface area contributed by atoms with Crippen molar-refractivity contribution in [2.75, 3.05) is 0 Å². The lowest BCUT2D eigenvalue weighted by Crippen LogP contribution is -2.15. The van der Waals surface area contributed by atoms with Crippen molar-refractivity contribution in [1.29, 1.82) is 0 Å². The Hall–Kier alpha value is -1.93. The first kappa shape index (κ1) is 14.5. The van der Waals surface area contributed by atoms with Gasteiger partial charge in [-0.25, -0.2) is 22.9 Å². The average Bonchev–Trinajstić information content (AvgIpc) is 2.83. The number of nitrogens with two attached hydrogens (primary N) is 1. The molecule has 2 N–H and O–H groups in total. The number of ether oxygens (including phenoxy) is 1. The third-order valence-corrected chi connectivity index (χ3v) is 3.64. The maximum absolute atomic E-state index is 13.1. The topological polar surface area (TPSA) is 87.2 Å². The third kappa shape index (κ3) is 3.14. The van der Waals surface area contributed by atoms with Crippen LogP contribution in [0.3, 0.4) is 0 Å². The van der Waals surface area contributed by atoms with Crippen molar-refractivity contribution in [3.63, 3.8) is 0 Å². The molecule has 0 saturated carbocycles. The highest BCUT2D eigenvalue weighted by molar-refractivity contribution is 7.89. The quantitative estimate of drug-likeness (QED) is 0.900. The van der Waals surface area contributed by atoms with E-state index in [1.165, 1.54) is 6.07 Å². The summed E-state index contributed by atoms with van der Waals surface area (Å²) in [5, 5.41) is 5.04. The van der Waals surface area contributed by atoms with Gasteiger partial charge in [-0.1, -0.05) is 0 Å². The molecule has 8 heteroatoms. The van der Waals surface area contributed by atoms with Gasteiger partial charge in [0.15, 0.2) is 0 Å². The van der Waals surface area contributed by atoms with Crippen molar-refractivity contribution >= 4 is 10.0 Å². The van der Waals surface area contributed by atoms with Gasteiger partial charge in [0.05, 0.1) is 0 Å². The zero-order valence-electron chi connectivity index (χ0n) is 10.8. The summed E-state index contributed by atoms with van der Waals surface area (Å²) in [6, 6.07) is 3.17. The van der Waals surface area contributed by atoms with Gasteiger partial charge in [-0.05, 0) is 25.1 Å². The van der Waals surface area contributed by atoms with Crippen LogP contribution in [0.25, 0.3) is 0 Å². The Bertz CT molecular complexity index is 712. The molecule has 0 spiro atoms. The normalized spacial score (nSPS) is 11.6. The molecule has 0 aliphatic rings. The number of sulfonamides is 1. The van der Waals surface area contributed by atoms with E-state index < -0.39 is 15.8 Å². The van der Waals surface area contributed by atoms with Gasteiger partial charge < -0.3 is 9.30 Å². The number of primary sulfonamides is 1. The predicted molar refractivity (Wildman–Crippen MR) is 70.0 cm³/mol. The maximum Gasteiger partial charge on any atom is 0.241 e. The van der Waals surface area contributed by atoms with E-state index in [-0.39, 0.29) is 17.3 Å². The first-order valence-corrected chi connectivity index (χ1v) is 7.41. The van der Waals surface area contributed by atoms with Gasteiger partial charge >= 0.3 is 0 Å². The van der Waals surface area contributed by atoms with E-state index in [9.17, 15) is 12.8 Å². The second-order valence-corrected chi connectivity index (χ2v) is 5.58. The van der Waals surface area contributed by atoms with Crippen LogP contribution in [-0.2, 0) is 23.2 Å². The highest BCUT2D eigenvalue weighted by Crippen LogP contribution is 2.24. The van der Waals surface area contributed by atoms with Gasteiger partial charge in [-0.2, -0.15) is 0 Å².